The first-order chi connectivity index (χ1) is 15.8. The van der Waals surface area contributed by atoms with Crippen LogP contribution in [0, 0.1) is 5.92 Å². The first kappa shape index (κ1) is 23.6. The van der Waals surface area contributed by atoms with Gasteiger partial charge in [-0.15, -0.1) is 0 Å². The van der Waals surface area contributed by atoms with Crippen LogP contribution in [0.2, 0.25) is 0 Å². The number of hydrogen-bond donors (Lipinski definition) is 2. The minimum atomic E-state index is -0.849. The van der Waals surface area contributed by atoms with Crippen molar-refractivity contribution in [3.05, 3.63) is 70.8 Å². The van der Waals surface area contributed by atoms with Crippen LogP contribution in [0.1, 0.15) is 50.5 Å². The van der Waals surface area contributed by atoms with Crippen LogP contribution in [0.4, 0.5) is 4.79 Å². The van der Waals surface area contributed by atoms with Gasteiger partial charge >= 0.3 is 12.0 Å². The molecule has 1 aliphatic heterocycles. The molecule has 0 saturated carbocycles. The van der Waals surface area contributed by atoms with Crippen LogP contribution in [0.15, 0.2) is 48.5 Å². The molecule has 0 atom stereocenters. The van der Waals surface area contributed by atoms with Gasteiger partial charge in [0.2, 0.25) is 0 Å². The van der Waals surface area contributed by atoms with Crippen LogP contribution in [-0.2, 0) is 16.0 Å². The highest BCUT2D eigenvalue weighted by Gasteiger charge is 2.35. The van der Waals surface area contributed by atoms with E-state index in [1.54, 1.807) is 0 Å². The van der Waals surface area contributed by atoms with Crippen LogP contribution in [0.25, 0.3) is 0 Å². The largest absolute Gasteiger partial charge is 0.452 e. The van der Waals surface area contributed by atoms with Crippen molar-refractivity contribution in [3.8, 4) is 0 Å². The van der Waals surface area contributed by atoms with Gasteiger partial charge in [0, 0.05) is 13.1 Å². The van der Waals surface area contributed by atoms with Gasteiger partial charge in [-0.05, 0) is 36.1 Å². The predicted octanol–water partition coefficient (Wildman–Crippen LogP) is 2.16. The molecule has 172 valence electrons. The van der Waals surface area contributed by atoms with E-state index in [1.807, 2.05) is 44.2 Å². The van der Waals surface area contributed by atoms with Crippen LogP contribution in [0.5, 0.6) is 0 Å². The lowest BCUT2D eigenvalue weighted by molar-refractivity contribution is -0.123. The molecule has 0 spiro atoms. The third kappa shape index (κ3) is 6.03. The SMILES string of the molecule is CC(C)CNC(=O)NC(=O)COC(=O)c1ccc2c(c1)C(=O)N(CCc1ccccc1)C2=O. The fraction of sp³-hybridized carbons (Fsp3) is 0.292. The number of benzene rings is 2. The molecule has 0 fully saturated rings. The fourth-order valence-electron chi connectivity index (χ4n) is 3.22. The smallest absolute Gasteiger partial charge is 0.338 e. The zero-order valence-electron chi connectivity index (χ0n) is 18.4. The van der Waals surface area contributed by atoms with Crippen molar-refractivity contribution in [2.24, 2.45) is 5.92 Å². The summed E-state index contributed by atoms with van der Waals surface area (Å²) in [5.74, 6) is -2.33. The number of urea groups is 1. The van der Waals surface area contributed by atoms with Crippen molar-refractivity contribution >= 4 is 29.7 Å². The van der Waals surface area contributed by atoms with E-state index in [4.69, 9.17) is 4.74 Å². The number of carbonyl (C=O) groups is 5. The van der Waals surface area contributed by atoms with Crippen molar-refractivity contribution in [1.82, 2.24) is 15.5 Å². The summed E-state index contributed by atoms with van der Waals surface area (Å²) in [5.41, 5.74) is 1.34. The van der Waals surface area contributed by atoms with E-state index in [0.717, 1.165) is 10.5 Å². The maximum absolute atomic E-state index is 12.7. The van der Waals surface area contributed by atoms with Gasteiger partial charge in [0.05, 0.1) is 16.7 Å². The molecule has 33 heavy (non-hydrogen) atoms. The number of amides is 5. The lowest BCUT2D eigenvalue weighted by atomic mass is 10.1. The Morgan fingerprint density at radius 1 is 0.970 bits per heavy atom. The van der Waals surface area contributed by atoms with Crippen LogP contribution in [-0.4, -0.2) is 54.3 Å². The summed E-state index contributed by atoms with van der Waals surface area (Å²) in [7, 11) is 0. The Balaban J connectivity index is 1.57. The maximum Gasteiger partial charge on any atom is 0.338 e. The van der Waals surface area contributed by atoms with Crippen molar-refractivity contribution < 1.29 is 28.7 Å². The highest BCUT2D eigenvalue weighted by Crippen LogP contribution is 2.24. The van der Waals surface area contributed by atoms with Gasteiger partial charge in [0.25, 0.3) is 17.7 Å². The molecule has 2 aromatic carbocycles. The summed E-state index contributed by atoms with van der Waals surface area (Å²) in [5, 5.41) is 4.57. The Morgan fingerprint density at radius 3 is 2.36 bits per heavy atom. The van der Waals surface area contributed by atoms with Crippen LogP contribution < -0.4 is 10.6 Å². The number of hydrogen-bond acceptors (Lipinski definition) is 6. The Labute approximate surface area is 191 Å². The second-order valence-corrected chi connectivity index (χ2v) is 7.99. The van der Waals surface area contributed by atoms with E-state index in [-0.39, 0.29) is 29.2 Å². The number of nitrogens with one attached hydrogen (secondary N) is 2. The first-order valence-electron chi connectivity index (χ1n) is 10.5. The minimum Gasteiger partial charge on any atom is -0.452 e. The molecule has 0 aromatic heterocycles. The van der Waals surface area contributed by atoms with Gasteiger partial charge in [-0.25, -0.2) is 9.59 Å². The molecule has 9 heteroatoms. The summed E-state index contributed by atoms with van der Waals surface area (Å²) in [6.45, 7) is 3.75. The Kier molecular flexibility index (Phi) is 7.55. The zero-order chi connectivity index (χ0) is 24.0. The summed E-state index contributed by atoms with van der Waals surface area (Å²) in [4.78, 5) is 62.2. The fourth-order valence-corrected chi connectivity index (χ4v) is 3.22. The molecule has 2 aromatic rings. The Hall–Kier alpha value is -4.01. The van der Waals surface area contributed by atoms with Crippen LogP contribution >= 0.6 is 0 Å². The molecule has 0 aliphatic carbocycles. The molecule has 1 aliphatic rings. The molecule has 0 saturated heterocycles. The summed E-state index contributed by atoms with van der Waals surface area (Å²) < 4.78 is 4.93. The molecule has 9 nitrogen and oxygen atoms in total. The molecule has 1 heterocycles. The predicted molar refractivity (Wildman–Crippen MR) is 119 cm³/mol. The van der Waals surface area contributed by atoms with Crippen LogP contribution in [0.3, 0.4) is 0 Å². The van der Waals surface area contributed by atoms with E-state index >= 15 is 0 Å². The topological polar surface area (TPSA) is 122 Å². The number of imide groups is 2. The standard InChI is InChI=1S/C24H25N3O6/c1-15(2)13-25-24(32)26-20(28)14-33-23(31)17-8-9-18-19(12-17)22(30)27(21(18)29)11-10-16-6-4-3-5-7-16/h3-9,12,15H,10-11,13-14H2,1-2H3,(H2,25,26,28,32). The van der Waals surface area contributed by atoms with E-state index in [1.165, 1.54) is 18.2 Å². The lowest BCUT2D eigenvalue weighted by Gasteiger charge is -2.13. The molecule has 0 bridgehead atoms. The van der Waals surface area contributed by atoms with Gasteiger partial charge < -0.3 is 10.1 Å². The maximum atomic E-state index is 12.7. The minimum absolute atomic E-state index is 0.0249. The van der Waals surface area contributed by atoms with Crippen molar-refractivity contribution in [1.29, 1.82) is 0 Å². The summed E-state index contributed by atoms with van der Waals surface area (Å²) in [6.07, 6.45) is 0.515. The zero-order valence-corrected chi connectivity index (χ0v) is 18.4. The number of carbonyl (C=O) groups excluding carboxylic acids is 5. The summed E-state index contributed by atoms with van der Waals surface area (Å²) >= 11 is 0. The molecular formula is C24H25N3O6. The third-order valence-electron chi connectivity index (χ3n) is 4.93. The number of nitrogens with zero attached hydrogens (tertiary/aromatic N) is 1. The highest BCUT2D eigenvalue weighted by atomic mass is 16.5. The second kappa shape index (κ2) is 10.5. The normalized spacial score (nSPS) is 12.5. The van der Waals surface area contributed by atoms with E-state index in [9.17, 15) is 24.0 Å². The lowest BCUT2D eigenvalue weighted by Crippen LogP contribution is -2.42. The average Bonchev–Trinajstić information content (AvgIpc) is 3.04. The monoisotopic (exact) mass is 451 g/mol. The van der Waals surface area contributed by atoms with Crippen molar-refractivity contribution in [2.75, 3.05) is 19.7 Å². The van der Waals surface area contributed by atoms with Gasteiger partial charge in [0.15, 0.2) is 6.61 Å². The van der Waals surface area contributed by atoms with Gasteiger partial charge in [0.1, 0.15) is 0 Å². The molecule has 0 radical (unpaired) electrons. The molecule has 5 amide bonds. The first-order valence-corrected chi connectivity index (χ1v) is 10.5. The van der Waals surface area contributed by atoms with Crippen molar-refractivity contribution in [2.45, 2.75) is 20.3 Å². The van der Waals surface area contributed by atoms with Crippen molar-refractivity contribution in [3.63, 3.8) is 0 Å². The second-order valence-electron chi connectivity index (χ2n) is 7.99. The number of rotatable bonds is 8. The Bertz CT molecular complexity index is 1080. The number of esters is 1. The molecule has 2 N–H and O–H groups in total. The number of ether oxygens (including phenoxy) is 1. The average molecular weight is 451 g/mol. The summed E-state index contributed by atoms with van der Waals surface area (Å²) in [6, 6.07) is 12.8. The van der Waals surface area contributed by atoms with E-state index < -0.39 is 36.3 Å². The van der Waals surface area contributed by atoms with E-state index in [0.29, 0.717) is 13.0 Å². The van der Waals surface area contributed by atoms with Gasteiger partial charge in [-0.3, -0.25) is 24.6 Å². The highest BCUT2D eigenvalue weighted by molar-refractivity contribution is 6.22. The molecular weight excluding hydrogens is 426 g/mol. The molecule has 0 unspecified atom stereocenters. The van der Waals surface area contributed by atoms with Gasteiger partial charge in [-0.1, -0.05) is 44.2 Å². The van der Waals surface area contributed by atoms with E-state index in [2.05, 4.69) is 10.6 Å². The Morgan fingerprint density at radius 2 is 1.67 bits per heavy atom. The molecule has 3 rings (SSSR count). The number of fused-ring (bicyclic) bond motifs is 1. The quantitative estimate of drug-likeness (QED) is 0.469. The van der Waals surface area contributed by atoms with Gasteiger partial charge in [-0.2, -0.15) is 0 Å². The third-order valence-corrected chi connectivity index (χ3v) is 4.93.